The van der Waals surface area contributed by atoms with E-state index in [0.717, 1.165) is 41.0 Å². The summed E-state index contributed by atoms with van der Waals surface area (Å²) >= 11 is 0. The van der Waals surface area contributed by atoms with Crippen LogP contribution in [0.15, 0.2) is 54.9 Å². The van der Waals surface area contributed by atoms with Crippen molar-refractivity contribution in [2.45, 2.75) is 26.7 Å². The summed E-state index contributed by atoms with van der Waals surface area (Å²) in [4.78, 5) is 21.1. The molecule has 3 rings (SSSR count). The molecule has 2 aromatic carbocycles. The zero-order valence-electron chi connectivity index (χ0n) is 17.0. The third-order valence-electron chi connectivity index (χ3n) is 4.73. The Morgan fingerprint density at radius 3 is 2.72 bits per heavy atom. The molecule has 1 aromatic heterocycles. The number of nitrogens with one attached hydrogen (secondary N) is 2. The van der Waals surface area contributed by atoms with Gasteiger partial charge < -0.3 is 15.4 Å². The summed E-state index contributed by atoms with van der Waals surface area (Å²) in [5.41, 5.74) is 4.48. The van der Waals surface area contributed by atoms with Gasteiger partial charge in [-0.1, -0.05) is 37.3 Å². The van der Waals surface area contributed by atoms with Crippen molar-refractivity contribution in [1.82, 2.24) is 9.97 Å². The average molecular weight is 390 g/mol. The van der Waals surface area contributed by atoms with Crippen LogP contribution in [0.1, 0.15) is 34.1 Å². The van der Waals surface area contributed by atoms with E-state index in [-0.39, 0.29) is 5.91 Å². The van der Waals surface area contributed by atoms with Gasteiger partial charge in [0.25, 0.3) is 5.91 Å². The minimum Gasteiger partial charge on any atom is -0.497 e. The van der Waals surface area contributed by atoms with E-state index in [2.05, 4.69) is 33.6 Å². The van der Waals surface area contributed by atoms with Crippen LogP contribution in [-0.2, 0) is 12.8 Å². The van der Waals surface area contributed by atoms with E-state index in [1.807, 2.05) is 43.3 Å². The highest BCUT2D eigenvalue weighted by atomic mass is 16.5. The first-order valence-electron chi connectivity index (χ1n) is 9.69. The van der Waals surface area contributed by atoms with Crippen molar-refractivity contribution in [1.29, 1.82) is 0 Å². The number of carbonyl (C=O) groups excluding carboxylic acids is 1. The van der Waals surface area contributed by atoms with Crippen LogP contribution in [0.3, 0.4) is 0 Å². The molecule has 0 unspecified atom stereocenters. The van der Waals surface area contributed by atoms with Crippen LogP contribution in [0, 0.1) is 6.92 Å². The fraction of sp³-hybridized carbons (Fsp3) is 0.261. The van der Waals surface area contributed by atoms with E-state index in [1.54, 1.807) is 13.2 Å². The predicted octanol–water partition coefficient (Wildman–Crippen LogP) is 4.26. The van der Waals surface area contributed by atoms with Gasteiger partial charge in [0.2, 0.25) is 0 Å². The van der Waals surface area contributed by atoms with Crippen LogP contribution in [0.2, 0.25) is 0 Å². The largest absolute Gasteiger partial charge is 0.497 e. The van der Waals surface area contributed by atoms with Crippen LogP contribution in [-0.4, -0.2) is 29.5 Å². The number of rotatable bonds is 8. The Kier molecular flexibility index (Phi) is 6.79. The Morgan fingerprint density at radius 2 is 1.93 bits per heavy atom. The number of ether oxygens (including phenoxy) is 1. The van der Waals surface area contributed by atoms with Crippen molar-refractivity contribution >= 4 is 17.4 Å². The second kappa shape index (κ2) is 9.68. The molecule has 0 spiro atoms. The summed E-state index contributed by atoms with van der Waals surface area (Å²) in [6.07, 6.45) is 3.06. The summed E-state index contributed by atoms with van der Waals surface area (Å²) in [7, 11) is 1.66. The van der Waals surface area contributed by atoms with Crippen LogP contribution >= 0.6 is 0 Å². The molecule has 0 aliphatic heterocycles. The number of carbonyl (C=O) groups is 1. The second-order valence-corrected chi connectivity index (χ2v) is 6.73. The summed E-state index contributed by atoms with van der Waals surface area (Å²) in [6, 6.07) is 15.6. The van der Waals surface area contributed by atoms with Gasteiger partial charge in [0.15, 0.2) is 0 Å². The highest BCUT2D eigenvalue weighted by Gasteiger charge is 2.12. The number of aryl methyl sites for hydroxylation is 2. The Balaban J connectivity index is 1.64. The zero-order chi connectivity index (χ0) is 20.6. The van der Waals surface area contributed by atoms with Gasteiger partial charge in [-0.2, -0.15) is 0 Å². The third-order valence-corrected chi connectivity index (χ3v) is 4.73. The number of hydrogen-bond acceptors (Lipinski definition) is 5. The number of benzene rings is 2. The molecule has 0 fully saturated rings. The Hall–Kier alpha value is -3.41. The topological polar surface area (TPSA) is 76.1 Å². The van der Waals surface area contributed by atoms with Gasteiger partial charge in [0.05, 0.1) is 7.11 Å². The smallest absolute Gasteiger partial charge is 0.274 e. The van der Waals surface area contributed by atoms with Crippen molar-refractivity contribution in [3.63, 3.8) is 0 Å². The SMILES string of the molecule is CCc1cccc(C)c1NC(=O)c1cc(NCCc2cccc(OC)c2)ncn1. The Morgan fingerprint density at radius 1 is 1.10 bits per heavy atom. The first kappa shape index (κ1) is 20.3. The van der Waals surface area contributed by atoms with Gasteiger partial charge in [-0.3, -0.25) is 4.79 Å². The molecule has 3 aromatic rings. The van der Waals surface area contributed by atoms with Crippen molar-refractivity contribution in [2.75, 3.05) is 24.3 Å². The molecule has 0 saturated heterocycles. The lowest BCUT2D eigenvalue weighted by molar-refractivity contribution is 0.102. The molecular weight excluding hydrogens is 364 g/mol. The summed E-state index contributed by atoms with van der Waals surface area (Å²) in [5, 5.41) is 6.25. The fourth-order valence-corrected chi connectivity index (χ4v) is 3.12. The molecule has 0 aliphatic rings. The summed E-state index contributed by atoms with van der Waals surface area (Å²) < 4.78 is 5.25. The van der Waals surface area contributed by atoms with Gasteiger partial charge in [-0.25, -0.2) is 9.97 Å². The van der Waals surface area contributed by atoms with E-state index in [1.165, 1.54) is 6.33 Å². The number of hydrogen-bond donors (Lipinski definition) is 2. The highest BCUT2D eigenvalue weighted by molar-refractivity contribution is 6.04. The normalized spacial score (nSPS) is 10.4. The van der Waals surface area contributed by atoms with Gasteiger partial charge in [0.1, 0.15) is 23.6 Å². The monoisotopic (exact) mass is 390 g/mol. The molecule has 0 bridgehead atoms. The van der Waals surface area contributed by atoms with Gasteiger partial charge in [-0.15, -0.1) is 0 Å². The lowest BCUT2D eigenvalue weighted by Gasteiger charge is -2.13. The van der Waals surface area contributed by atoms with E-state index in [0.29, 0.717) is 18.1 Å². The average Bonchev–Trinajstić information content (AvgIpc) is 2.75. The number of anilines is 2. The highest BCUT2D eigenvalue weighted by Crippen LogP contribution is 2.22. The van der Waals surface area contributed by atoms with Crippen LogP contribution < -0.4 is 15.4 Å². The van der Waals surface area contributed by atoms with Crippen molar-refractivity contribution in [2.24, 2.45) is 0 Å². The summed E-state index contributed by atoms with van der Waals surface area (Å²) in [6.45, 7) is 4.74. The first-order valence-corrected chi connectivity index (χ1v) is 9.69. The fourth-order valence-electron chi connectivity index (χ4n) is 3.12. The number of nitrogens with zero attached hydrogens (tertiary/aromatic N) is 2. The molecule has 0 aliphatic carbocycles. The van der Waals surface area contributed by atoms with Crippen molar-refractivity contribution in [3.8, 4) is 5.75 Å². The lowest BCUT2D eigenvalue weighted by atomic mass is 10.1. The maximum atomic E-state index is 12.7. The van der Waals surface area contributed by atoms with Crippen molar-refractivity contribution in [3.05, 3.63) is 77.2 Å². The van der Waals surface area contributed by atoms with Gasteiger partial charge in [-0.05, 0) is 48.6 Å². The molecule has 0 saturated carbocycles. The van der Waals surface area contributed by atoms with Crippen molar-refractivity contribution < 1.29 is 9.53 Å². The lowest BCUT2D eigenvalue weighted by Crippen LogP contribution is -2.17. The zero-order valence-corrected chi connectivity index (χ0v) is 17.0. The molecule has 1 heterocycles. The number of aromatic nitrogens is 2. The maximum Gasteiger partial charge on any atom is 0.274 e. The minimum atomic E-state index is -0.243. The maximum absolute atomic E-state index is 12.7. The molecule has 0 atom stereocenters. The third kappa shape index (κ3) is 5.31. The van der Waals surface area contributed by atoms with E-state index in [9.17, 15) is 4.79 Å². The molecule has 6 nitrogen and oxygen atoms in total. The molecule has 0 radical (unpaired) electrons. The molecule has 150 valence electrons. The minimum absolute atomic E-state index is 0.243. The molecular formula is C23H26N4O2. The van der Waals surface area contributed by atoms with Gasteiger partial charge in [0, 0.05) is 18.3 Å². The predicted molar refractivity (Wildman–Crippen MR) is 116 cm³/mol. The summed E-state index contributed by atoms with van der Waals surface area (Å²) in [5.74, 6) is 1.21. The van der Waals surface area contributed by atoms with E-state index < -0.39 is 0 Å². The van der Waals surface area contributed by atoms with E-state index in [4.69, 9.17) is 4.74 Å². The molecule has 6 heteroatoms. The van der Waals surface area contributed by atoms with Crippen LogP contribution in [0.25, 0.3) is 0 Å². The molecule has 2 N–H and O–H groups in total. The van der Waals surface area contributed by atoms with E-state index >= 15 is 0 Å². The first-order chi connectivity index (χ1) is 14.1. The Labute approximate surface area is 171 Å². The van der Waals surface area contributed by atoms with Gasteiger partial charge >= 0.3 is 0 Å². The molecule has 1 amide bonds. The second-order valence-electron chi connectivity index (χ2n) is 6.73. The molecule has 29 heavy (non-hydrogen) atoms. The number of amides is 1. The standard InChI is InChI=1S/C23H26N4O2/c1-4-18-9-5-7-16(2)22(18)27-23(28)20-14-21(26-15-25-20)24-12-11-17-8-6-10-19(13-17)29-3/h5-10,13-15H,4,11-12H2,1-3H3,(H,27,28)(H,24,25,26). The van der Waals surface area contributed by atoms with Crippen LogP contribution in [0.5, 0.6) is 5.75 Å². The number of methoxy groups -OCH3 is 1. The quantitative estimate of drug-likeness (QED) is 0.601. The number of para-hydroxylation sites is 1. The Bertz CT molecular complexity index is 988. The van der Waals surface area contributed by atoms with Crippen LogP contribution in [0.4, 0.5) is 11.5 Å².